The molecule has 6 heteroatoms. The Balaban J connectivity index is 1.82. The highest BCUT2D eigenvalue weighted by atomic mass is 16.2. The summed E-state index contributed by atoms with van der Waals surface area (Å²) in [6.07, 6.45) is 22.4. The lowest BCUT2D eigenvalue weighted by Crippen LogP contribution is -2.57. The molecule has 0 amide bonds. The molecule has 1 heterocycles. The van der Waals surface area contributed by atoms with Crippen molar-refractivity contribution in [3.63, 3.8) is 0 Å². The molecule has 6 nitrogen and oxygen atoms in total. The summed E-state index contributed by atoms with van der Waals surface area (Å²) in [7, 11) is 0. The summed E-state index contributed by atoms with van der Waals surface area (Å²) in [6.45, 7) is 0. The molecule has 0 unspecified atom stereocenters. The van der Waals surface area contributed by atoms with Crippen LogP contribution in [0.3, 0.4) is 0 Å². The fourth-order valence-corrected chi connectivity index (χ4v) is 6.61. The highest BCUT2D eigenvalue weighted by Gasteiger charge is 2.29. The van der Waals surface area contributed by atoms with Crippen molar-refractivity contribution in [3.05, 3.63) is 31.5 Å². The summed E-state index contributed by atoms with van der Waals surface area (Å²) >= 11 is 0. The van der Waals surface area contributed by atoms with Crippen molar-refractivity contribution in [2.75, 3.05) is 0 Å². The normalized spacial score (nSPS) is 23.6. The lowest BCUT2D eigenvalue weighted by molar-refractivity contribution is 0.263. The van der Waals surface area contributed by atoms with Gasteiger partial charge >= 0.3 is 17.1 Å². The van der Waals surface area contributed by atoms with Crippen LogP contribution in [0.2, 0.25) is 0 Å². The molecular formula is C27H45N3O3. The third-order valence-electron chi connectivity index (χ3n) is 8.56. The minimum Gasteiger partial charge on any atom is -0.247 e. The number of nitrogens with zero attached hydrogens (tertiary/aromatic N) is 3. The number of hydrogen-bond acceptors (Lipinski definition) is 3. The van der Waals surface area contributed by atoms with Crippen LogP contribution < -0.4 is 17.1 Å². The number of hydrogen-bond donors (Lipinski definition) is 0. The second-order valence-electron chi connectivity index (χ2n) is 11.0. The van der Waals surface area contributed by atoms with Crippen LogP contribution in [-0.4, -0.2) is 13.7 Å². The van der Waals surface area contributed by atoms with Gasteiger partial charge in [-0.15, -0.1) is 0 Å². The molecule has 0 saturated heterocycles. The molecule has 0 N–H and O–H groups in total. The standard InChI is InChI=1S/C27H45N3O3/c31-25-28(22-16-10-4-1-5-11-17-22)26(32)30(24-20-14-8-3-9-15-21-24)27(33)29(25)23-18-12-6-2-7-13-19-23/h22-24H,1-21H2. The molecule has 0 atom stereocenters. The Labute approximate surface area is 198 Å². The maximum atomic E-state index is 13.9. The molecule has 3 fully saturated rings. The van der Waals surface area contributed by atoms with Gasteiger partial charge in [-0.1, -0.05) is 96.3 Å². The zero-order valence-corrected chi connectivity index (χ0v) is 20.6. The van der Waals surface area contributed by atoms with Crippen molar-refractivity contribution in [2.24, 2.45) is 0 Å². The van der Waals surface area contributed by atoms with Gasteiger partial charge in [0.15, 0.2) is 0 Å². The van der Waals surface area contributed by atoms with Gasteiger partial charge in [-0.25, -0.2) is 28.1 Å². The van der Waals surface area contributed by atoms with Crippen molar-refractivity contribution in [3.8, 4) is 0 Å². The maximum Gasteiger partial charge on any atom is 0.336 e. The smallest absolute Gasteiger partial charge is 0.247 e. The van der Waals surface area contributed by atoms with Crippen LogP contribution in [0.25, 0.3) is 0 Å². The molecule has 0 bridgehead atoms. The van der Waals surface area contributed by atoms with Crippen molar-refractivity contribution < 1.29 is 0 Å². The van der Waals surface area contributed by atoms with Crippen LogP contribution in [0.5, 0.6) is 0 Å². The van der Waals surface area contributed by atoms with Crippen LogP contribution in [0.15, 0.2) is 14.4 Å². The Kier molecular flexibility index (Phi) is 9.08. The predicted octanol–water partition coefficient (Wildman–Crippen LogP) is 6.03. The first-order chi connectivity index (χ1) is 16.2. The molecule has 3 aliphatic rings. The molecule has 186 valence electrons. The molecule has 0 radical (unpaired) electrons. The largest absolute Gasteiger partial charge is 0.336 e. The highest BCUT2D eigenvalue weighted by Crippen LogP contribution is 2.28. The van der Waals surface area contributed by atoms with Gasteiger partial charge in [-0.3, -0.25) is 0 Å². The van der Waals surface area contributed by atoms with Gasteiger partial charge in [0.25, 0.3) is 0 Å². The number of aromatic nitrogens is 3. The molecule has 33 heavy (non-hydrogen) atoms. The first-order valence-corrected chi connectivity index (χ1v) is 14.2. The van der Waals surface area contributed by atoms with Crippen molar-refractivity contribution >= 4 is 0 Å². The summed E-state index contributed by atoms with van der Waals surface area (Å²) in [5, 5.41) is 0. The van der Waals surface area contributed by atoms with Gasteiger partial charge in [0.05, 0.1) is 0 Å². The molecule has 4 rings (SSSR count). The van der Waals surface area contributed by atoms with E-state index >= 15 is 0 Å². The summed E-state index contributed by atoms with van der Waals surface area (Å²) in [5.74, 6) is 0. The zero-order chi connectivity index (χ0) is 23.0. The third kappa shape index (κ3) is 5.92. The van der Waals surface area contributed by atoms with Crippen molar-refractivity contribution in [1.82, 2.24) is 13.7 Å². The van der Waals surface area contributed by atoms with Crippen molar-refractivity contribution in [1.29, 1.82) is 0 Å². The van der Waals surface area contributed by atoms with E-state index in [4.69, 9.17) is 0 Å². The molecule has 3 aliphatic carbocycles. The van der Waals surface area contributed by atoms with Crippen LogP contribution in [0.4, 0.5) is 0 Å². The zero-order valence-electron chi connectivity index (χ0n) is 20.6. The highest BCUT2D eigenvalue weighted by molar-refractivity contribution is 4.90. The van der Waals surface area contributed by atoms with E-state index in [1.165, 1.54) is 57.8 Å². The Hall–Kier alpha value is -1.59. The SMILES string of the molecule is O=c1n(C2CCCCCCC2)c(=O)n(C2CCCCCCC2)c(=O)n1C1CCCCCCC1. The molecule has 1 aromatic heterocycles. The Bertz CT molecular complexity index is 755. The van der Waals surface area contributed by atoms with Gasteiger partial charge in [0.2, 0.25) is 0 Å². The van der Waals surface area contributed by atoms with Crippen LogP contribution in [0.1, 0.15) is 153 Å². The van der Waals surface area contributed by atoms with E-state index in [1.807, 2.05) is 0 Å². The predicted molar refractivity (Wildman–Crippen MR) is 133 cm³/mol. The average molecular weight is 460 g/mol. The fourth-order valence-electron chi connectivity index (χ4n) is 6.61. The molecule has 3 saturated carbocycles. The van der Waals surface area contributed by atoms with E-state index in [0.29, 0.717) is 0 Å². The Morgan fingerprint density at radius 1 is 0.333 bits per heavy atom. The molecule has 0 aliphatic heterocycles. The molecular weight excluding hydrogens is 414 g/mol. The van der Waals surface area contributed by atoms with E-state index in [9.17, 15) is 14.4 Å². The van der Waals surface area contributed by atoms with E-state index < -0.39 is 0 Å². The van der Waals surface area contributed by atoms with E-state index in [2.05, 4.69) is 0 Å². The number of rotatable bonds is 3. The third-order valence-corrected chi connectivity index (χ3v) is 8.56. The Morgan fingerprint density at radius 3 is 0.727 bits per heavy atom. The second kappa shape index (κ2) is 12.2. The fraction of sp³-hybridized carbons (Fsp3) is 0.889. The molecule has 0 aromatic carbocycles. The van der Waals surface area contributed by atoms with Crippen LogP contribution in [0, 0.1) is 0 Å². The van der Waals surface area contributed by atoms with Crippen LogP contribution >= 0.6 is 0 Å². The Morgan fingerprint density at radius 2 is 0.515 bits per heavy atom. The lowest BCUT2D eigenvalue weighted by Gasteiger charge is -2.29. The van der Waals surface area contributed by atoms with Gasteiger partial charge in [-0.05, 0) is 38.5 Å². The second-order valence-corrected chi connectivity index (χ2v) is 11.0. The first-order valence-electron chi connectivity index (χ1n) is 14.2. The average Bonchev–Trinajstić information content (AvgIpc) is 2.72. The summed E-state index contributed by atoms with van der Waals surface area (Å²) in [4.78, 5) is 41.6. The minimum atomic E-state index is -0.316. The lowest BCUT2D eigenvalue weighted by atomic mass is 9.95. The summed E-state index contributed by atoms with van der Waals surface area (Å²) < 4.78 is 4.64. The van der Waals surface area contributed by atoms with E-state index in [-0.39, 0.29) is 35.2 Å². The summed E-state index contributed by atoms with van der Waals surface area (Å²) in [6, 6.07) is -0.193. The monoisotopic (exact) mass is 459 g/mol. The van der Waals surface area contributed by atoms with Gasteiger partial charge in [0, 0.05) is 18.1 Å². The van der Waals surface area contributed by atoms with E-state index in [0.717, 1.165) is 77.0 Å². The van der Waals surface area contributed by atoms with Gasteiger partial charge in [0.1, 0.15) is 0 Å². The molecule has 0 spiro atoms. The first kappa shape index (κ1) is 24.5. The topological polar surface area (TPSA) is 66.0 Å². The van der Waals surface area contributed by atoms with Crippen LogP contribution in [-0.2, 0) is 0 Å². The van der Waals surface area contributed by atoms with Gasteiger partial charge in [-0.2, -0.15) is 0 Å². The quantitative estimate of drug-likeness (QED) is 0.554. The summed E-state index contributed by atoms with van der Waals surface area (Å²) in [5.41, 5.74) is -0.949. The molecule has 1 aromatic rings. The minimum absolute atomic E-state index is 0.0643. The van der Waals surface area contributed by atoms with E-state index in [1.54, 1.807) is 13.7 Å². The van der Waals surface area contributed by atoms with Gasteiger partial charge < -0.3 is 0 Å². The maximum absolute atomic E-state index is 13.9. The van der Waals surface area contributed by atoms with Crippen molar-refractivity contribution in [2.45, 2.75) is 153 Å².